The third kappa shape index (κ3) is 2.50. The zero-order valence-electron chi connectivity index (χ0n) is 11.7. The summed E-state index contributed by atoms with van der Waals surface area (Å²) in [7, 11) is 0. The number of pyridine rings is 1. The highest BCUT2D eigenvalue weighted by Crippen LogP contribution is 2.45. The second-order valence-corrected chi connectivity index (χ2v) is 6.73. The number of fused-ring (bicyclic) bond motifs is 1. The Morgan fingerprint density at radius 2 is 1.95 bits per heavy atom. The van der Waals surface area contributed by atoms with E-state index < -0.39 is 5.60 Å². The number of hydrogen-bond donors (Lipinski definition) is 1. The highest BCUT2D eigenvalue weighted by atomic mass is 16.3. The van der Waals surface area contributed by atoms with E-state index in [9.17, 15) is 5.11 Å². The molecule has 1 fully saturated rings. The predicted octanol–water partition coefficient (Wildman–Crippen LogP) is 3.72. The van der Waals surface area contributed by atoms with E-state index >= 15 is 0 Å². The van der Waals surface area contributed by atoms with Gasteiger partial charge in [0.05, 0.1) is 11.1 Å². The molecule has 0 aliphatic heterocycles. The number of rotatable bonds is 2. The first-order valence-electron chi connectivity index (χ1n) is 7.03. The van der Waals surface area contributed by atoms with Gasteiger partial charge in [0.2, 0.25) is 0 Å². The molecule has 1 aromatic carbocycles. The first-order valence-corrected chi connectivity index (χ1v) is 7.03. The molecule has 0 amide bonds. The van der Waals surface area contributed by atoms with E-state index in [1.54, 1.807) is 0 Å². The summed E-state index contributed by atoms with van der Waals surface area (Å²) < 4.78 is 0. The van der Waals surface area contributed by atoms with Crippen molar-refractivity contribution < 1.29 is 5.11 Å². The predicted molar refractivity (Wildman–Crippen MR) is 78.0 cm³/mol. The number of benzene rings is 1. The molecule has 100 valence electrons. The Labute approximate surface area is 114 Å². The number of nitrogens with zero attached hydrogens (tertiary/aromatic N) is 1. The summed E-state index contributed by atoms with van der Waals surface area (Å²) in [5, 5.41) is 12.0. The summed E-state index contributed by atoms with van der Waals surface area (Å²) >= 11 is 0. The van der Waals surface area contributed by atoms with Gasteiger partial charge >= 0.3 is 0 Å². The Kier molecular flexibility index (Phi) is 2.86. The van der Waals surface area contributed by atoms with Crippen molar-refractivity contribution in [3.63, 3.8) is 0 Å². The smallest absolute Gasteiger partial charge is 0.0704 e. The lowest BCUT2D eigenvalue weighted by Crippen LogP contribution is -2.29. The highest BCUT2D eigenvalue weighted by molar-refractivity contribution is 5.81. The Morgan fingerprint density at radius 3 is 2.68 bits per heavy atom. The van der Waals surface area contributed by atoms with Gasteiger partial charge in [-0.25, -0.2) is 0 Å². The fraction of sp³-hybridized carbons (Fsp3) is 0.471. The van der Waals surface area contributed by atoms with Gasteiger partial charge in [0.1, 0.15) is 0 Å². The average Bonchev–Trinajstić information content (AvgIpc) is 2.64. The highest BCUT2D eigenvalue weighted by Gasteiger charge is 2.41. The molecule has 1 unspecified atom stereocenters. The van der Waals surface area contributed by atoms with Crippen molar-refractivity contribution in [2.75, 3.05) is 0 Å². The lowest BCUT2D eigenvalue weighted by Gasteiger charge is -2.25. The van der Waals surface area contributed by atoms with Crippen LogP contribution in [0, 0.1) is 5.41 Å². The van der Waals surface area contributed by atoms with Crippen LogP contribution in [-0.2, 0) is 6.42 Å². The molecule has 0 bridgehead atoms. The first-order chi connectivity index (χ1) is 8.98. The van der Waals surface area contributed by atoms with Crippen molar-refractivity contribution in [2.45, 2.75) is 45.1 Å². The number of para-hydroxylation sites is 1. The fourth-order valence-corrected chi connectivity index (χ4v) is 3.45. The Balaban J connectivity index is 1.94. The van der Waals surface area contributed by atoms with E-state index in [1.807, 2.05) is 30.5 Å². The standard InChI is InChI=1S/C17H21NO/c1-16(2)8-9-17(19,12-16)11-13-7-10-18-15-6-4-3-5-14(13)15/h3-7,10,19H,8-9,11-12H2,1-2H3. The van der Waals surface area contributed by atoms with E-state index in [2.05, 4.69) is 24.9 Å². The van der Waals surface area contributed by atoms with Gasteiger partial charge in [-0.05, 0) is 42.4 Å². The zero-order chi connectivity index (χ0) is 13.5. The van der Waals surface area contributed by atoms with E-state index in [-0.39, 0.29) is 5.41 Å². The second-order valence-electron chi connectivity index (χ2n) is 6.73. The quantitative estimate of drug-likeness (QED) is 0.887. The van der Waals surface area contributed by atoms with Crippen molar-refractivity contribution in [1.82, 2.24) is 4.98 Å². The number of aliphatic hydroxyl groups is 1. The van der Waals surface area contributed by atoms with Crippen molar-refractivity contribution in [3.8, 4) is 0 Å². The van der Waals surface area contributed by atoms with Crippen molar-refractivity contribution in [1.29, 1.82) is 0 Å². The molecule has 0 radical (unpaired) electrons. The largest absolute Gasteiger partial charge is 0.390 e. The third-order valence-corrected chi connectivity index (χ3v) is 4.33. The monoisotopic (exact) mass is 255 g/mol. The van der Waals surface area contributed by atoms with Gasteiger partial charge in [0.15, 0.2) is 0 Å². The minimum absolute atomic E-state index is 0.261. The molecule has 0 saturated heterocycles. The summed E-state index contributed by atoms with van der Waals surface area (Å²) in [6, 6.07) is 10.2. The van der Waals surface area contributed by atoms with Crippen LogP contribution < -0.4 is 0 Å². The van der Waals surface area contributed by atoms with Gasteiger partial charge in [0, 0.05) is 18.0 Å². The minimum Gasteiger partial charge on any atom is -0.390 e. The molecule has 2 nitrogen and oxygen atoms in total. The molecule has 1 N–H and O–H groups in total. The summed E-state index contributed by atoms with van der Waals surface area (Å²) in [6.07, 6.45) is 5.47. The van der Waals surface area contributed by atoms with Gasteiger partial charge in [-0.3, -0.25) is 4.98 Å². The van der Waals surface area contributed by atoms with Gasteiger partial charge in [0.25, 0.3) is 0 Å². The van der Waals surface area contributed by atoms with E-state index in [0.717, 1.165) is 31.2 Å². The van der Waals surface area contributed by atoms with Crippen LogP contribution in [0.1, 0.15) is 38.7 Å². The maximum atomic E-state index is 10.8. The fourth-order valence-electron chi connectivity index (χ4n) is 3.45. The van der Waals surface area contributed by atoms with Crippen LogP contribution in [0.4, 0.5) is 0 Å². The van der Waals surface area contributed by atoms with Crippen LogP contribution in [-0.4, -0.2) is 15.7 Å². The molecule has 0 spiro atoms. The molecule has 3 rings (SSSR count). The third-order valence-electron chi connectivity index (χ3n) is 4.33. The average molecular weight is 255 g/mol. The van der Waals surface area contributed by atoms with Gasteiger partial charge in [-0.15, -0.1) is 0 Å². The summed E-state index contributed by atoms with van der Waals surface area (Å²) in [4.78, 5) is 4.39. The molecule has 2 heteroatoms. The number of aromatic nitrogens is 1. The SMILES string of the molecule is CC1(C)CCC(O)(Cc2ccnc3ccccc23)C1. The summed E-state index contributed by atoms with van der Waals surface area (Å²) in [5.41, 5.74) is 1.94. The normalized spacial score (nSPS) is 25.8. The number of hydrogen-bond acceptors (Lipinski definition) is 2. The molecule has 1 aliphatic carbocycles. The molecule has 1 aromatic heterocycles. The lowest BCUT2D eigenvalue weighted by molar-refractivity contribution is 0.0382. The summed E-state index contributed by atoms with van der Waals surface area (Å²) in [5.74, 6) is 0. The minimum atomic E-state index is -0.548. The van der Waals surface area contributed by atoms with Crippen LogP contribution >= 0.6 is 0 Å². The molecular weight excluding hydrogens is 234 g/mol. The van der Waals surface area contributed by atoms with Crippen molar-refractivity contribution in [2.24, 2.45) is 5.41 Å². The first kappa shape index (κ1) is 12.6. The molecule has 1 aliphatic rings. The van der Waals surface area contributed by atoms with Gasteiger partial charge in [-0.2, -0.15) is 0 Å². The van der Waals surface area contributed by atoms with Crippen LogP contribution in [0.5, 0.6) is 0 Å². The van der Waals surface area contributed by atoms with E-state index in [0.29, 0.717) is 0 Å². The van der Waals surface area contributed by atoms with Crippen molar-refractivity contribution in [3.05, 3.63) is 42.1 Å². The van der Waals surface area contributed by atoms with Crippen LogP contribution in [0.25, 0.3) is 10.9 Å². The Hall–Kier alpha value is -1.41. The Morgan fingerprint density at radius 1 is 1.16 bits per heavy atom. The Bertz CT molecular complexity index is 600. The maximum Gasteiger partial charge on any atom is 0.0704 e. The lowest BCUT2D eigenvalue weighted by atomic mass is 9.86. The van der Waals surface area contributed by atoms with Crippen molar-refractivity contribution >= 4 is 10.9 Å². The second kappa shape index (κ2) is 4.31. The van der Waals surface area contributed by atoms with Crippen LogP contribution in [0.3, 0.4) is 0 Å². The molecule has 1 atom stereocenters. The maximum absolute atomic E-state index is 10.8. The zero-order valence-corrected chi connectivity index (χ0v) is 11.7. The summed E-state index contributed by atoms with van der Waals surface area (Å²) in [6.45, 7) is 4.49. The van der Waals surface area contributed by atoms with Crippen LogP contribution in [0.2, 0.25) is 0 Å². The molecule has 1 heterocycles. The molecule has 2 aromatic rings. The molecule has 1 saturated carbocycles. The topological polar surface area (TPSA) is 33.1 Å². The molecule has 19 heavy (non-hydrogen) atoms. The van der Waals surface area contributed by atoms with E-state index in [4.69, 9.17) is 0 Å². The van der Waals surface area contributed by atoms with Crippen LogP contribution in [0.15, 0.2) is 36.5 Å². The van der Waals surface area contributed by atoms with E-state index in [1.165, 1.54) is 10.9 Å². The van der Waals surface area contributed by atoms with Gasteiger partial charge in [-0.1, -0.05) is 32.0 Å². The van der Waals surface area contributed by atoms with Gasteiger partial charge < -0.3 is 5.11 Å². The molecular formula is C17H21NO.